The molecule has 0 spiro atoms. The van der Waals surface area contributed by atoms with Crippen LogP contribution in [0.4, 0.5) is 5.69 Å². The lowest BCUT2D eigenvalue weighted by Gasteiger charge is -2.12. The van der Waals surface area contributed by atoms with Crippen LogP contribution in [-0.2, 0) is 0 Å². The van der Waals surface area contributed by atoms with Gasteiger partial charge in [0.1, 0.15) is 12.4 Å². The van der Waals surface area contributed by atoms with Crippen molar-refractivity contribution in [3.63, 3.8) is 0 Å². The van der Waals surface area contributed by atoms with Gasteiger partial charge in [-0.25, -0.2) is 0 Å². The molecule has 0 aliphatic rings. The highest BCUT2D eigenvalue weighted by Gasteiger charge is 2.12. The van der Waals surface area contributed by atoms with Crippen molar-refractivity contribution in [2.45, 2.75) is 20.8 Å². The Morgan fingerprint density at radius 2 is 1.86 bits per heavy atom. The lowest BCUT2D eigenvalue weighted by molar-refractivity contribution is 0.102. The van der Waals surface area contributed by atoms with Crippen LogP contribution in [0.25, 0.3) is 0 Å². The Morgan fingerprint density at radius 3 is 2.55 bits per heavy atom. The van der Waals surface area contributed by atoms with Gasteiger partial charge in [-0.1, -0.05) is 24.8 Å². The first-order valence-electron chi connectivity index (χ1n) is 7.22. The normalized spacial score (nSPS) is 10.1. The maximum absolute atomic E-state index is 12.5. The van der Waals surface area contributed by atoms with E-state index in [1.165, 1.54) is 5.56 Å². The number of amides is 1. The quantitative estimate of drug-likeness (QED) is 0.824. The molecule has 0 radical (unpaired) electrons. The predicted molar refractivity (Wildman–Crippen MR) is 90.6 cm³/mol. The summed E-state index contributed by atoms with van der Waals surface area (Å²) in [5.41, 5.74) is 4.54. The largest absolute Gasteiger partial charge is 0.488 e. The molecule has 1 N–H and O–H groups in total. The molecule has 0 aliphatic carbocycles. The van der Waals surface area contributed by atoms with Gasteiger partial charge in [0.2, 0.25) is 0 Å². The van der Waals surface area contributed by atoms with Crippen LogP contribution in [0.15, 0.2) is 54.6 Å². The third-order valence-electron chi connectivity index (χ3n) is 3.37. The van der Waals surface area contributed by atoms with E-state index in [9.17, 15) is 4.79 Å². The Hall–Kier alpha value is -2.55. The van der Waals surface area contributed by atoms with Gasteiger partial charge in [-0.2, -0.15) is 0 Å². The molecule has 114 valence electrons. The highest BCUT2D eigenvalue weighted by molar-refractivity contribution is 6.06. The van der Waals surface area contributed by atoms with Gasteiger partial charge in [-0.05, 0) is 61.7 Å². The van der Waals surface area contributed by atoms with Crippen LogP contribution in [0.3, 0.4) is 0 Å². The van der Waals surface area contributed by atoms with Crippen LogP contribution < -0.4 is 10.1 Å². The first-order chi connectivity index (χ1) is 10.5. The van der Waals surface area contributed by atoms with Gasteiger partial charge in [0.15, 0.2) is 0 Å². The number of benzene rings is 2. The monoisotopic (exact) mass is 295 g/mol. The number of ether oxygens (including phenoxy) is 1. The van der Waals surface area contributed by atoms with Crippen LogP contribution in [0, 0.1) is 13.8 Å². The van der Waals surface area contributed by atoms with Crippen LogP contribution in [0.5, 0.6) is 5.75 Å². The molecule has 0 unspecified atom stereocenters. The van der Waals surface area contributed by atoms with Crippen molar-refractivity contribution >= 4 is 11.6 Å². The van der Waals surface area contributed by atoms with E-state index in [2.05, 4.69) is 11.9 Å². The van der Waals surface area contributed by atoms with Crippen LogP contribution in [0.1, 0.15) is 28.4 Å². The molecule has 1 amide bonds. The van der Waals surface area contributed by atoms with Crippen molar-refractivity contribution in [2.24, 2.45) is 0 Å². The number of aryl methyl sites for hydroxylation is 2. The highest BCUT2D eigenvalue weighted by atomic mass is 16.5. The zero-order chi connectivity index (χ0) is 16.1. The Labute approximate surface area is 131 Å². The van der Waals surface area contributed by atoms with Crippen molar-refractivity contribution < 1.29 is 9.53 Å². The van der Waals surface area contributed by atoms with Gasteiger partial charge >= 0.3 is 0 Å². The number of nitrogens with one attached hydrogen (secondary N) is 1. The lowest BCUT2D eigenvalue weighted by Crippen LogP contribution is -2.14. The number of para-hydroxylation sites is 1. The minimum Gasteiger partial charge on any atom is -0.488 e. The summed E-state index contributed by atoms with van der Waals surface area (Å²) in [5, 5.41) is 2.91. The fraction of sp³-hybridized carbons (Fsp3) is 0.211. The SMILES string of the molecule is C=C(C)COc1ccccc1C(=O)Nc1ccc(C)c(C)c1. The second kappa shape index (κ2) is 6.94. The molecule has 22 heavy (non-hydrogen) atoms. The minimum absolute atomic E-state index is 0.180. The third-order valence-corrected chi connectivity index (χ3v) is 3.37. The van der Waals surface area contributed by atoms with Crippen molar-refractivity contribution in [2.75, 3.05) is 11.9 Å². The van der Waals surface area contributed by atoms with Gasteiger partial charge in [-0.15, -0.1) is 0 Å². The van der Waals surface area contributed by atoms with E-state index in [1.807, 2.05) is 51.1 Å². The number of hydrogen-bond donors (Lipinski definition) is 1. The maximum atomic E-state index is 12.5. The van der Waals surface area contributed by atoms with Crippen molar-refractivity contribution in [3.8, 4) is 5.75 Å². The summed E-state index contributed by atoms with van der Waals surface area (Å²) in [7, 11) is 0. The molecule has 2 rings (SSSR count). The van der Waals surface area contributed by atoms with Gasteiger partial charge in [0.25, 0.3) is 5.91 Å². The first kappa shape index (κ1) is 15.8. The first-order valence-corrected chi connectivity index (χ1v) is 7.22. The van der Waals surface area contributed by atoms with Crippen LogP contribution >= 0.6 is 0 Å². The van der Waals surface area contributed by atoms with E-state index >= 15 is 0 Å². The number of rotatable bonds is 5. The molecule has 3 heteroatoms. The molecule has 3 nitrogen and oxygen atoms in total. The Bertz CT molecular complexity index is 704. The summed E-state index contributed by atoms with van der Waals surface area (Å²) in [6.45, 7) is 10.2. The zero-order valence-corrected chi connectivity index (χ0v) is 13.3. The van der Waals surface area contributed by atoms with E-state index in [-0.39, 0.29) is 5.91 Å². The third kappa shape index (κ3) is 3.98. The molecule has 0 saturated heterocycles. The van der Waals surface area contributed by atoms with Crippen molar-refractivity contribution in [3.05, 3.63) is 71.3 Å². The smallest absolute Gasteiger partial charge is 0.259 e. The highest BCUT2D eigenvalue weighted by Crippen LogP contribution is 2.21. The van der Waals surface area contributed by atoms with Gasteiger partial charge in [-0.3, -0.25) is 4.79 Å². The Morgan fingerprint density at radius 1 is 1.14 bits per heavy atom. The minimum atomic E-state index is -0.180. The molecule has 0 aliphatic heterocycles. The predicted octanol–water partition coefficient (Wildman–Crippen LogP) is 4.51. The molecule has 0 saturated carbocycles. The molecular formula is C19H21NO2. The molecule has 2 aromatic carbocycles. The summed E-state index contributed by atoms with van der Waals surface area (Å²) in [6.07, 6.45) is 0. The summed E-state index contributed by atoms with van der Waals surface area (Å²) < 4.78 is 5.64. The Balaban J connectivity index is 2.18. The van der Waals surface area contributed by atoms with E-state index in [4.69, 9.17) is 4.74 Å². The van der Waals surface area contributed by atoms with E-state index in [0.29, 0.717) is 17.9 Å². The average Bonchev–Trinajstić information content (AvgIpc) is 2.49. The topological polar surface area (TPSA) is 38.3 Å². The van der Waals surface area contributed by atoms with Crippen molar-refractivity contribution in [1.29, 1.82) is 0 Å². The second-order valence-corrected chi connectivity index (χ2v) is 5.50. The zero-order valence-electron chi connectivity index (χ0n) is 13.3. The summed E-state index contributed by atoms with van der Waals surface area (Å²) >= 11 is 0. The van der Waals surface area contributed by atoms with Gasteiger partial charge in [0, 0.05) is 5.69 Å². The van der Waals surface area contributed by atoms with Gasteiger partial charge < -0.3 is 10.1 Å². The molecule has 0 fully saturated rings. The van der Waals surface area contributed by atoms with E-state index in [1.54, 1.807) is 12.1 Å². The second-order valence-electron chi connectivity index (χ2n) is 5.50. The molecular weight excluding hydrogens is 274 g/mol. The molecule has 0 aromatic heterocycles. The number of hydrogen-bond acceptors (Lipinski definition) is 2. The molecule has 0 heterocycles. The number of carbonyl (C=O) groups is 1. The average molecular weight is 295 g/mol. The lowest BCUT2D eigenvalue weighted by atomic mass is 10.1. The molecule has 0 bridgehead atoms. The fourth-order valence-corrected chi connectivity index (χ4v) is 2.00. The van der Waals surface area contributed by atoms with Crippen molar-refractivity contribution in [1.82, 2.24) is 0 Å². The Kier molecular flexibility index (Phi) is 4.99. The number of carbonyl (C=O) groups excluding carboxylic acids is 1. The summed E-state index contributed by atoms with van der Waals surface area (Å²) in [6, 6.07) is 13.1. The van der Waals surface area contributed by atoms with E-state index in [0.717, 1.165) is 16.8 Å². The molecule has 2 aromatic rings. The summed E-state index contributed by atoms with van der Waals surface area (Å²) in [5.74, 6) is 0.382. The van der Waals surface area contributed by atoms with E-state index < -0.39 is 0 Å². The fourth-order valence-electron chi connectivity index (χ4n) is 2.00. The van der Waals surface area contributed by atoms with Crippen LogP contribution in [0.2, 0.25) is 0 Å². The van der Waals surface area contributed by atoms with Crippen LogP contribution in [-0.4, -0.2) is 12.5 Å². The maximum Gasteiger partial charge on any atom is 0.259 e. The standard InChI is InChI=1S/C19H21NO2/c1-13(2)12-22-18-8-6-5-7-17(18)19(21)20-16-10-9-14(3)15(4)11-16/h5-11H,1,12H2,2-4H3,(H,20,21). The number of anilines is 1. The molecule has 0 atom stereocenters. The summed E-state index contributed by atoms with van der Waals surface area (Å²) in [4.78, 5) is 12.5. The van der Waals surface area contributed by atoms with Gasteiger partial charge in [0.05, 0.1) is 5.56 Å².